The summed E-state index contributed by atoms with van der Waals surface area (Å²) in [5, 5.41) is 1.28. The topological polar surface area (TPSA) is 30.7 Å². The van der Waals surface area contributed by atoms with Gasteiger partial charge in [0.2, 0.25) is 0 Å². The highest BCUT2D eigenvalue weighted by Gasteiger charge is 2.12. The number of halogens is 3. The van der Waals surface area contributed by atoms with Crippen molar-refractivity contribution in [3.05, 3.63) is 58.0 Å². The second-order valence-electron chi connectivity index (χ2n) is 4.37. The highest BCUT2D eigenvalue weighted by Crippen LogP contribution is 2.21. The van der Waals surface area contributed by atoms with Crippen molar-refractivity contribution in [2.24, 2.45) is 0 Å². The highest BCUT2D eigenvalue weighted by molar-refractivity contribution is 6.31. The molecule has 0 amide bonds. The van der Waals surface area contributed by atoms with Crippen LogP contribution < -0.4 is 0 Å². The quantitative estimate of drug-likeness (QED) is 0.662. The van der Waals surface area contributed by atoms with Crippen LogP contribution in [0.2, 0.25) is 10.0 Å². The van der Waals surface area contributed by atoms with E-state index in [1.165, 1.54) is 0 Å². The molecule has 0 atom stereocenters. The van der Waals surface area contributed by atoms with Gasteiger partial charge in [0, 0.05) is 11.2 Å². The monoisotopic (exact) mass is 325 g/mol. The van der Waals surface area contributed by atoms with Gasteiger partial charge in [-0.25, -0.2) is 9.97 Å². The number of nitrogens with zero attached hydrogens (tertiary/aromatic N) is 3. The van der Waals surface area contributed by atoms with E-state index in [1.807, 2.05) is 28.8 Å². The Morgan fingerprint density at radius 2 is 1.80 bits per heavy atom. The number of hydrogen-bond acceptors (Lipinski definition) is 2. The Balaban J connectivity index is 2.07. The summed E-state index contributed by atoms with van der Waals surface area (Å²) in [6, 6.07) is 9.46. The van der Waals surface area contributed by atoms with Gasteiger partial charge in [-0.1, -0.05) is 35.3 Å². The van der Waals surface area contributed by atoms with E-state index in [0.717, 1.165) is 22.6 Å². The first-order valence-corrected chi connectivity index (χ1v) is 7.27. The van der Waals surface area contributed by atoms with E-state index < -0.39 is 0 Å². The van der Waals surface area contributed by atoms with Crippen LogP contribution in [0.4, 0.5) is 0 Å². The van der Waals surface area contributed by atoms with Crippen molar-refractivity contribution >= 4 is 46.0 Å². The maximum atomic E-state index is 5.97. The third-order valence-electron chi connectivity index (χ3n) is 3.00. The number of benzene rings is 1. The molecule has 0 N–H and O–H groups in total. The largest absolute Gasteiger partial charge is 0.307 e. The van der Waals surface area contributed by atoms with E-state index in [9.17, 15) is 0 Å². The van der Waals surface area contributed by atoms with Gasteiger partial charge in [-0.2, -0.15) is 0 Å². The van der Waals surface area contributed by atoms with Crippen molar-refractivity contribution < 1.29 is 0 Å². The fourth-order valence-electron chi connectivity index (χ4n) is 2.07. The van der Waals surface area contributed by atoms with Gasteiger partial charge < -0.3 is 4.57 Å². The van der Waals surface area contributed by atoms with Crippen LogP contribution in [0.1, 0.15) is 11.4 Å². The molecule has 3 nitrogen and oxygen atoms in total. The molecule has 0 aliphatic carbocycles. The summed E-state index contributed by atoms with van der Waals surface area (Å²) in [6.07, 6.45) is 1.61. The fraction of sp³-hybridized carbons (Fsp3) is 0.143. The summed E-state index contributed by atoms with van der Waals surface area (Å²) in [7, 11) is 0. The van der Waals surface area contributed by atoms with E-state index in [2.05, 4.69) is 9.97 Å². The molecule has 1 aromatic carbocycles. The van der Waals surface area contributed by atoms with Crippen LogP contribution in [0.25, 0.3) is 11.2 Å². The second kappa shape index (κ2) is 5.60. The standard InChI is InChI=1S/C14H10Cl3N3/c15-6-13-19-12-5-11(17)7-18-14(12)20(13)8-9-1-3-10(16)4-2-9/h1-5,7H,6,8H2. The normalized spacial score (nSPS) is 11.2. The van der Waals surface area contributed by atoms with Crippen LogP contribution in [-0.2, 0) is 12.4 Å². The van der Waals surface area contributed by atoms with Gasteiger partial charge in [0.25, 0.3) is 0 Å². The molecule has 0 aliphatic rings. The lowest BCUT2D eigenvalue weighted by Crippen LogP contribution is -2.04. The van der Waals surface area contributed by atoms with Gasteiger partial charge in [-0.3, -0.25) is 0 Å². The molecule has 0 fully saturated rings. The fourth-order valence-corrected chi connectivity index (χ4v) is 2.56. The Bertz CT molecular complexity index is 750. The number of fused-ring (bicyclic) bond motifs is 1. The van der Waals surface area contributed by atoms with Gasteiger partial charge in [0.15, 0.2) is 5.65 Å². The van der Waals surface area contributed by atoms with Crippen molar-refractivity contribution in [3.63, 3.8) is 0 Å². The van der Waals surface area contributed by atoms with Gasteiger partial charge in [-0.15, -0.1) is 11.6 Å². The van der Waals surface area contributed by atoms with Crippen molar-refractivity contribution in [1.29, 1.82) is 0 Å². The molecule has 6 heteroatoms. The molecule has 0 unspecified atom stereocenters. The average Bonchev–Trinajstić information content (AvgIpc) is 2.78. The zero-order valence-corrected chi connectivity index (χ0v) is 12.6. The SMILES string of the molecule is ClCc1nc2cc(Cl)cnc2n1Cc1ccc(Cl)cc1. The van der Waals surface area contributed by atoms with Crippen LogP contribution in [0.5, 0.6) is 0 Å². The van der Waals surface area contributed by atoms with Crippen molar-refractivity contribution in [2.45, 2.75) is 12.4 Å². The van der Waals surface area contributed by atoms with Crippen molar-refractivity contribution in [3.8, 4) is 0 Å². The molecule has 3 rings (SSSR count). The Morgan fingerprint density at radius 1 is 1.05 bits per heavy atom. The second-order valence-corrected chi connectivity index (χ2v) is 5.51. The van der Waals surface area contributed by atoms with Gasteiger partial charge in [-0.05, 0) is 23.8 Å². The summed E-state index contributed by atoms with van der Waals surface area (Å²) in [5.74, 6) is 1.09. The number of imidazole rings is 1. The number of alkyl halides is 1. The van der Waals surface area contributed by atoms with E-state index in [1.54, 1.807) is 12.3 Å². The minimum atomic E-state index is 0.321. The molecule has 0 aliphatic heterocycles. The summed E-state index contributed by atoms with van der Waals surface area (Å²) in [4.78, 5) is 8.81. The van der Waals surface area contributed by atoms with E-state index in [0.29, 0.717) is 22.5 Å². The third-order valence-corrected chi connectivity index (χ3v) is 3.70. The van der Waals surface area contributed by atoms with E-state index in [4.69, 9.17) is 34.8 Å². The van der Waals surface area contributed by atoms with Crippen molar-refractivity contribution in [2.75, 3.05) is 0 Å². The Kier molecular flexibility index (Phi) is 3.83. The Labute approximate surface area is 131 Å². The molecule has 3 aromatic rings. The molecule has 0 spiro atoms. The molecule has 0 saturated carbocycles. The Hall–Kier alpha value is -1.29. The predicted octanol–water partition coefficient (Wildman–Crippen LogP) is 4.53. The summed E-state index contributed by atoms with van der Waals surface area (Å²) < 4.78 is 1.99. The number of aromatic nitrogens is 3. The lowest BCUT2D eigenvalue weighted by Gasteiger charge is -2.07. The zero-order valence-electron chi connectivity index (χ0n) is 10.4. The van der Waals surface area contributed by atoms with Gasteiger partial charge in [0.1, 0.15) is 11.3 Å². The number of rotatable bonds is 3. The van der Waals surface area contributed by atoms with Gasteiger partial charge >= 0.3 is 0 Å². The maximum absolute atomic E-state index is 5.97. The molecule has 0 saturated heterocycles. The molecule has 2 heterocycles. The summed E-state index contributed by atoms with van der Waals surface area (Å²) in [6.45, 7) is 0.643. The van der Waals surface area contributed by atoms with Crippen LogP contribution in [0.15, 0.2) is 36.5 Å². The highest BCUT2D eigenvalue weighted by atomic mass is 35.5. The smallest absolute Gasteiger partial charge is 0.160 e. The lowest BCUT2D eigenvalue weighted by molar-refractivity contribution is 0.770. The minimum Gasteiger partial charge on any atom is -0.307 e. The zero-order chi connectivity index (χ0) is 14.1. The van der Waals surface area contributed by atoms with Crippen LogP contribution in [0, 0.1) is 0 Å². The molecule has 102 valence electrons. The first-order chi connectivity index (χ1) is 9.67. The predicted molar refractivity (Wildman–Crippen MR) is 82.6 cm³/mol. The van der Waals surface area contributed by atoms with E-state index in [-0.39, 0.29) is 0 Å². The van der Waals surface area contributed by atoms with Crippen molar-refractivity contribution in [1.82, 2.24) is 14.5 Å². The third kappa shape index (κ3) is 2.62. The lowest BCUT2D eigenvalue weighted by atomic mass is 10.2. The van der Waals surface area contributed by atoms with Gasteiger partial charge in [0.05, 0.1) is 17.4 Å². The first kappa shape index (κ1) is 13.7. The van der Waals surface area contributed by atoms with Crippen LogP contribution >= 0.6 is 34.8 Å². The molecule has 2 aromatic heterocycles. The summed E-state index contributed by atoms with van der Waals surface area (Å²) in [5.41, 5.74) is 2.64. The average molecular weight is 327 g/mol. The molecule has 0 radical (unpaired) electrons. The van der Waals surface area contributed by atoms with E-state index >= 15 is 0 Å². The molecular formula is C14H10Cl3N3. The number of hydrogen-bond donors (Lipinski definition) is 0. The van der Waals surface area contributed by atoms with Crippen LogP contribution in [0.3, 0.4) is 0 Å². The minimum absolute atomic E-state index is 0.321. The molecule has 0 bridgehead atoms. The Morgan fingerprint density at radius 3 is 2.50 bits per heavy atom. The molecule has 20 heavy (non-hydrogen) atoms. The first-order valence-electron chi connectivity index (χ1n) is 5.98. The maximum Gasteiger partial charge on any atom is 0.160 e. The number of pyridine rings is 1. The molecular weight excluding hydrogens is 317 g/mol. The van der Waals surface area contributed by atoms with Crippen LogP contribution in [-0.4, -0.2) is 14.5 Å². The summed E-state index contributed by atoms with van der Waals surface area (Å²) >= 11 is 17.8.